The molecule has 1 saturated heterocycles. The van der Waals surface area contributed by atoms with Crippen molar-refractivity contribution in [1.82, 2.24) is 20.4 Å². The fourth-order valence-electron chi connectivity index (χ4n) is 4.41. The fourth-order valence-corrected chi connectivity index (χ4v) is 4.41. The van der Waals surface area contributed by atoms with Crippen LogP contribution in [-0.2, 0) is 4.79 Å². The van der Waals surface area contributed by atoms with E-state index in [1.165, 1.54) is 12.8 Å². The molecule has 0 aromatic carbocycles. The predicted molar refractivity (Wildman–Crippen MR) is 128 cm³/mol. The van der Waals surface area contributed by atoms with Crippen LogP contribution in [0.15, 0.2) is 4.99 Å². The highest BCUT2D eigenvalue weighted by Crippen LogP contribution is 2.27. The Morgan fingerprint density at radius 3 is 2.36 bits per heavy atom. The molecular formula is C21H42IN5O. The summed E-state index contributed by atoms with van der Waals surface area (Å²) in [6.07, 6.45) is 5.60. The number of hydrogen-bond donors (Lipinski definition) is 2. The van der Waals surface area contributed by atoms with Crippen molar-refractivity contribution in [2.24, 2.45) is 10.9 Å². The van der Waals surface area contributed by atoms with Crippen LogP contribution in [0.25, 0.3) is 0 Å². The van der Waals surface area contributed by atoms with Crippen LogP contribution in [0.2, 0.25) is 0 Å². The highest BCUT2D eigenvalue weighted by Gasteiger charge is 2.32. The molecule has 0 bridgehead atoms. The molecule has 2 fully saturated rings. The van der Waals surface area contributed by atoms with Crippen molar-refractivity contribution >= 4 is 35.8 Å². The van der Waals surface area contributed by atoms with E-state index >= 15 is 0 Å². The first-order chi connectivity index (χ1) is 12.9. The van der Waals surface area contributed by atoms with Crippen LogP contribution in [0.4, 0.5) is 0 Å². The Balaban J connectivity index is 0.00000392. The molecule has 164 valence electrons. The third kappa shape index (κ3) is 7.69. The minimum absolute atomic E-state index is 0. The monoisotopic (exact) mass is 507 g/mol. The second-order valence-corrected chi connectivity index (χ2v) is 8.58. The van der Waals surface area contributed by atoms with Gasteiger partial charge in [-0.05, 0) is 53.9 Å². The summed E-state index contributed by atoms with van der Waals surface area (Å²) in [6, 6.07) is 1.36. The van der Waals surface area contributed by atoms with Gasteiger partial charge in [0.05, 0.1) is 6.54 Å². The summed E-state index contributed by atoms with van der Waals surface area (Å²) in [4.78, 5) is 21.9. The lowest BCUT2D eigenvalue weighted by atomic mass is 10.1. The van der Waals surface area contributed by atoms with E-state index in [1.54, 1.807) is 0 Å². The Labute approximate surface area is 189 Å². The van der Waals surface area contributed by atoms with Crippen LogP contribution < -0.4 is 10.6 Å². The van der Waals surface area contributed by atoms with Crippen LogP contribution in [0, 0.1) is 5.92 Å². The lowest BCUT2D eigenvalue weighted by Crippen LogP contribution is -2.46. The van der Waals surface area contributed by atoms with Gasteiger partial charge in [-0.2, -0.15) is 0 Å². The maximum atomic E-state index is 12.6. The van der Waals surface area contributed by atoms with Crippen molar-refractivity contribution in [2.75, 3.05) is 32.7 Å². The molecule has 2 N–H and O–H groups in total. The summed E-state index contributed by atoms with van der Waals surface area (Å²) in [6.45, 7) is 15.3. The highest BCUT2D eigenvalue weighted by atomic mass is 127. The molecule has 0 aromatic heterocycles. The molecule has 7 heteroatoms. The Kier molecular flexibility index (Phi) is 11.7. The van der Waals surface area contributed by atoms with Crippen LogP contribution in [0.5, 0.6) is 0 Å². The molecule has 1 aliphatic heterocycles. The van der Waals surface area contributed by atoms with Crippen LogP contribution >= 0.6 is 24.0 Å². The molecule has 0 aromatic rings. The Morgan fingerprint density at radius 1 is 1.14 bits per heavy atom. The summed E-state index contributed by atoms with van der Waals surface area (Å²) in [7, 11) is 0. The van der Waals surface area contributed by atoms with E-state index in [0.717, 1.165) is 57.9 Å². The van der Waals surface area contributed by atoms with Crippen molar-refractivity contribution in [3.05, 3.63) is 0 Å². The standard InChI is InChI=1S/C21H41N5O.HI/c1-6-22-21(23-12-14-26(16(2)3)17(4)5)24-19-11-13-25(15-19)20(27)18-9-7-8-10-18;/h16-19H,6-15H2,1-5H3,(H2,22,23,24);1H. The molecule has 6 nitrogen and oxygen atoms in total. The lowest BCUT2D eigenvalue weighted by molar-refractivity contribution is -0.134. The minimum atomic E-state index is 0. The SMILES string of the molecule is CCNC(=NCCN(C(C)C)C(C)C)NC1CCN(C(=O)C2CCCC2)C1.I. The first-order valence-electron chi connectivity index (χ1n) is 11.0. The number of guanidine groups is 1. The summed E-state index contributed by atoms with van der Waals surface area (Å²) in [5.41, 5.74) is 0. The number of aliphatic imine (C=N–C) groups is 1. The number of nitrogens with one attached hydrogen (secondary N) is 2. The zero-order valence-corrected chi connectivity index (χ0v) is 20.9. The molecule has 0 spiro atoms. The first-order valence-corrected chi connectivity index (χ1v) is 11.0. The average Bonchev–Trinajstić information content (AvgIpc) is 3.29. The summed E-state index contributed by atoms with van der Waals surface area (Å²) in [5.74, 6) is 1.54. The van der Waals surface area contributed by atoms with Gasteiger partial charge in [-0.3, -0.25) is 14.7 Å². The van der Waals surface area contributed by atoms with Crippen LogP contribution in [0.1, 0.15) is 66.7 Å². The van der Waals surface area contributed by atoms with Gasteiger partial charge >= 0.3 is 0 Å². The fraction of sp³-hybridized carbons (Fsp3) is 0.905. The number of carbonyl (C=O) groups is 1. The van der Waals surface area contributed by atoms with Gasteiger partial charge in [-0.15, -0.1) is 24.0 Å². The van der Waals surface area contributed by atoms with Gasteiger partial charge in [0.25, 0.3) is 0 Å². The van der Waals surface area contributed by atoms with Gasteiger partial charge in [0, 0.05) is 50.2 Å². The van der Waals surface area contributed by atoms with Crippen molar-refractivity contribution in [3.63, 3.8) is 0 Å². The maximum absolute atomic E-state index is 12.6. The quantitative estimate of drug-likeness (QED) is 0.301. The molecular weight excluding hydrogens is 465 g/mol. The van der Waals surface area contributed by atoms with Gasteiger partial charge in [0.2, 0.25) is 5.91 Å². The second-order valence-electron chi connectivity index (χ2n) is 8.58. The summed E-state index contributed by atoms with van der Waals surface area (Å²) in [5, 5.41) is 6.91. The van der Waals surface area contributed by atoms with Gasteiger partial charge in [-0.25, -0.2) is 0 Å². The van der Waals surface area contributed by atoms with Crippen molar-refractivity contribution in [3.8, 4) is 0 Å². The van der Waals surface area contributed by atoms with Crippen LogP contribution in [-0.4, -0.2) is 72.5 Å². The number of nitrogens with zero attached hydrogens (tertiary/aromatic N) is 3. The molecule has 2 aliphatic rings. The molecule has 1 saturated carbocycles. The molecule has 1 atom stereocenters. The topological polar surface area (TPSA) is 60.0 Å². The normalized spacial score (nSPS) is 20.9. The minimum Gasteiger partial charge on any atom is -0.357 e. The van der Waals surface area contributed by atoms with Gasteiger partial charge < -0.3 is 15.5 Å². The zero-order valence-electron chi connectivity index (χ0n) is 18.5. The molecule has 1 aliphatic carbocycles. The Morgan fingerprint density at radius 2 is 1.79 bits per heavy atom. The van der Waals surface area contributed by atoms with Crippen molar-refractivity contribution in [2.45, 2.75) is 84.8 Å². The second kappa shape index (κ2) is 12.9. The molecule has 1 heterocycles. The van der Waals surface area contributed by atoms with E-state index in [4.69, 9.17) is 4.99 Å². The summed E-state index contributed by atoms with van der Waals surface area (Å²) >= 11 is 0. The Hall–Kier alpha value is -0.570. The molecule has 0 radical (unpaired) electrons. The molecule has 1 unspecified atom stereocenters. The van der Waals surface area contributed by atoms with E-state index < -0.39 is 0 Å². The van der Waals surface area contributed by atoms with Crippen molar-refractivity contribution < 1.29 is 4.79 Å². The third-order valence-corrected chi connectivity index (χ3v) is 5.84. The number of carbonyl (C=O) groups excluding carboxylic acids is 1. The zero-order chi connectivity index (χ0) is 19.8. The van der Waals surface area contributed by atoms with E-state index in [9.17, 15) is 4.79 Å². The van der Waals surface area contributed by atoms with Gasteiger partial charge in [0.1, 0.15) is 0 Å². The van der Waals surface area contributed by atoms with E-state index in [2.05, 4.69) is 55.1 Å². The third-order valence-electron chi connectivity index (χ3n) is 5.84. The lowest BCUT2D eigenvalue weighted by Gasteiger charge is -2.30. The van der Waals surface area contributed by atoms with E-state index in [0.29, 0.717) is 24.0 Å². The largest absolute Gasteiger partial charge is 0.357 e. The number of halogens is 1. The smallest absolute Gasteiger partial charge is 0.225 e. The molecule has 2 rings (SSSR count). The number of amides is 1. The van der Waals surface area contributed by atoms with Gasteiger partial charge in [-0.1, -0.05) is 12.8 Å². The Bertz CT molecular complexity index is 483. The number of hydrogen-bond acceptors (Lipinski definition) is 3. The molecule has 28 heavy (non-hydrogen) atoms. The van der Waals surface area contributed by atoms with Crippen molar-refractivity contribution in [1.29, 1.82) is 0 Å². The highest BCUT2D eigenvalue weighted by molar-refractivity contribution is 14.0. The predicted octanol–water partition coefficient (Wildman–Crippen LogP) is 3.07. The first kappa shape index (κ1) is 25.5. The summed E-state index contributed by atoms with van der Waals surface area (Å²) < 4.78 is 0. The average molecular weight is 508 g/mol. The van der Waals surface area contributed by atoms with Gasteiger partial charge in [0.15, 0.2) is 5.96 Å². The van der Waals surface area contributed by atoms with E-state index in [-0.39, 0.29) is 29.9 Å². The number of rotatable bonds is 8. The number of likely N-dealkylation sites (tertiary alicyclic amines) is 1. The maximum Gasteiger partial charge on any atom is 0.225 e. The molecule has 1 amide bonds. The van der Waals surface area contributed by atoms with E-state index in [1.807, 2.05) is 0 Å². The van der Waals surface area contributed by atoms with Crippen LogP contribution in [0.3, 0.4) is 0 Å².